The molecule has 1 aliphatic rings. The van der Waals surface area contributed by atoms with E-state index in [9.17, 15) is 9.90 Å². The van der Waals surface area contributed by atoms with Crippen molar-refractivity contribution in [1.29, 1.82) is 0 Å². The molecule has 28 heavy (non-hydrogen) atoms. The zero-order valence-electron chi connectivity index (χ0n) is 16.0. The summed E-state index contributed by atoms with van der Waals surface area (Å²) >= 11 is 0. The smallest absolute Gasteiger partial charge is 0.180 e. The molecular weight excluding hydrogens is 360 g/mol. The topological polar surface area (TPSA) is 98.5 Å². The van der Waals surface area contributed by atoms with Gasteiger partial charge in [-0.05, 0) is 23.8 Å². The molecule has 8 nitrogen and oxygen atoms in total. The van der Waals surface area contributed by atoms with E-state index in [1.807, 2.05) is 30.3 Å². The Bertz CT molecular complexity index is 884. The molecule has 0 amide bonds. The van der Waals surface area contributed by atoms with Crippen LogP contribution in [-0.2, 0) is 16.1 Å². The lowest BCUT2D eigenvalue weighted by atomic mass is 10.2. The number of ketones is 1. The van der Waals surface area contributed by atoms with Crippen LogP contribution in [0.25, 0.3) is 11.5 Å². The largest absolute Gasteiger partial charge is 0.505 e. The predicted molar refractivity (Wildman–Crippen MR) is 106 cm³/mol. The van der Waals surface area contributed by atoms with Crippen molar-refractivity contribution < 1.29 is 19.4 Å². The van der Waals surface area contributed by atoms with Crippen LogP contribution in [0.3, 0.4) is 0 Å². The second-order valence-electron chi connectivity index (χ2n) is 6.26. The molecule has 148 valence electrons. The molecule has 0 saturated carbocycles. The highest BCUT2D eigenvalue weighted by atomic mass is 16.5. The Labute approximate surface area is 163 Å². The van der Waals surface area contributed by atoms with Crippen LogP contribution in [0.15, 0.2) is 36.4 Å². The van der Waals surface area contributed by atoms with Gasteiger partial charge in [-0.15, -0.1) is 10.2 Å². The lowest BCUT2D eigenvalue weighted by Crippen LogP contribution is -2.11. The standard InChI is InChI=1S/C20H24N4O4/c1-3-16(25)12-18(26)19-20(21-13-14-4-6-17(27-2)7-5-14)23-24(22-19)15-8-10-28-11-9-15/h4-8,12,26H,3,9-11,13H2,1-2H3,(H,21,23)/b18-12-. The highest BCUT2D eigenvalue weighted by Gasteiger charge is 2.18. The predicted octanol–water partition coefficient (Wildman–Crippen LogP) is 3.04. The number of nitrogens with one attached hydrogen (secondary N) is 1. The van der Waals surface area contributed by atoms with Crippen molar-refractivity contribution in [3.63, 3.8) is 0 Å². The van der Waals surface area contributed by atoms with Gasteiger partial charge in [-0.25, -0.2) is 0 Å². The Morgan fingerprint density at radius 2 is 2.14 bits per heavy atom. The summed E-state index contributed by atoms with van der Waals surface area (Å²) in [6.45, 7) is 3.30. The molecule has 2 N–H and O–H groups in total. The molecule has 1 aliphatic heterocycles. The molecule has 0 atom stereocenters. The van der Waals surface area contributed by atoms with Crippen LogP contribution in [-0.4, -0.2) is 46.2 Å². The highest BCUT2D eigenvalue weighted by molar-refractivity contribution is 5.95. The number of aliphatic hydroxyl groups is 1. The molecule has 0 bridgehead atoms. The molecule has 1 aromatic carbocycles. The monoisotopic (exact) mass is 384 g/mol. The summed E-state index contributed by atoms with van der Waals surface area (Å²) in [5, 5.41) is 22.5. The van der Waals surface area contributed by atoms with E-state index in [2.05, 4.69) is 15.5 Å². The number of methoxy groups -OCH3 is 1. The third-order valence-corrected chi connectivity index (χ3v) is 4.32. The van der Waals surface area contributed by atoms with Crippen LogP contribution in [0.4, 0.5) is 5.82 Å². The second kappa shape index (κ2) is 9.18. The number of aromatic nitrogens is 3. The van der Waals surface area contributed by atoms with Crippen LogP contribution in [0.5, 0.6) is 5.75 Å². The van der Waals surface area contributed by atoms with Gasteiger partial charge in [-0.1, -0.05) is 19.1 Å². The second-order valence-corrected chi connectivity index (χ2v) is 6.26. The fourth-order valence-corrected chi connectivity index (χ4v) is 2.68. The molecule has 2 heterocycles. The Balaban J connectivity index is 1.85. The molecule has 0 fully saturated rings. The number of carbonyl (C=O) groups excluding carboxylic acids is 1. The van der Waals surface area contributed by atoms with E-state index in [1.54, 1.807) is 14.0 Å². The van der Waals surface area contributed by atoms with Gasteiger partial charge in [-0.2, -0.15) is 4.80 Å². The van der Waals surface area contributed by atoms with Crippen molar-refractivity contribution in [2.45, 2.75) is 26.3 Å². The van der Waals surface area contributed by atoms with Crippen molar-refractivity contribution in [2.75, 3.05) is 25.6 Å². The van der Waals surface area contributed by atoms with Gasteiger partial charge in [0.2, 0.25) is 0 Å². The number of carbonyl (C=O) groups is 1. The minimum atomic E-state index is -0.206. The van der Waals surface area contributed by atoms with Gasteiger partial charge in [0.25, 0.3) is 0 Å². The molecule has 2 aromatic rings. The number of ether oxygens (including phenoxy) is 2. The normalized spacial score (nSPS) is 14.5. The minimum Gasteiger partial charge on any atom is -0.505 e. The molecule has 0 radical (unpaired) electrons. The summed E-state index contributed by atoms with van der Waals surface area (Å²) in [4.78, 5) is 13.2. The average molecular weight is 384 g/mol. The molecule has 0 aliphatic carbocycles. The summed E-state index contributed by atoms with van der Waals surface area (Å²) in [5.74, 6) is 0.794. The van der Waals surface area contributed by atoms with Gasteiger partial charge in [-0.3, -0.25) is 4.79 Å². The summed E-state index contributed by atoms with van der Waals surface area (Å²) in [7, 11) is 1.62. The molecule has 0 saturated heterocycles. The first-order valence-corrected chi connectivity index (χ1v) is 9.16. The van der Waals surface area contributed by atoms with E-state index < -0.39 is 0 Å². The quantitative estimate of drug-likeness (QED) is 0.533. The Morgan fingerprint density at radius 3 is 2.79 bits per heavy atom. The van der Waals surface area contributed by atoms with Crippen LogP contribution in [0.1, 0.15) is 31.0 Å². The lowest BCUT2D eigenvalue weighted by Gasteiger charge is -2.11. The Kier molecular flexibility index (Phi) is 6.44. The maximum Gasteiger partial charge on any atom is 0.180 e. The summed E-state index contributed by atoms with van der Waals surface area (Å²) in [6, 6.07) is 7.62. The summed E-state index contributed by atoms with van der Waals surface area (Å²) < 4.78 is 10.5. The van der Waals surface area contributed by atoms with Gasteiger partial charge >= 0.3 is 0 Å². The maximum atomic E-state index is 11.7. The zero-order valence-corrected chi connectivity index (χ0v) is 16.0. The van der Waals surface area contributed by atoms with E-state index in [0.29, 0.717) is 38.4 Å². The van der Waals surface area contributed by atoms with Crippen molar-refractivity contribution in [2.24, 2.45) is 0 Å². The number of hydrogen-bond acceptors (Lipinski definition) is 7. The Morgan fingerprint density at radius 1 is 1.36 bits per heavy atom. The van der Waals surface area contributed by atoms with Crippen molar-refractivity contribution >= 4 is 23.1 Å². The van der Waals surface area contributed by atoms with Crippen molar-refractivity contribution in [3.05, 3.63) is 47.7 Å². The van der Waals surface area contributed by atoms with E-state index in [4.69, 9.17) is 9.47 Å². The molecule has 3 rings (SSSR count). The van der Waals surface area contributed by atoms with Crippen molar-refractivity contribution in [3.8, 4) is 5.75 Å². The maximum absolute atomic E-state index is 11.7. The molecule has 8 heteroatoms. The fraction of sp³-hybridized carbons (Fsp3) is 0.350. The fourth-order valence-electron chi connectivity index (χ4n) is 2.68. The molecular formula is C20H24N4O4. The van der Waals surface area contributed by atoms with Crippen LogP contribution >= 0.6 is 0 Å². The third-order valence-electron chi connectivity index (χ3n) is 4.32. The molecule has 0 spiro atoms. The van der Waals surface area contributed by atoms with E-state index in [-0.39, 0.29) is 17.2 Å². The van der Waals surface area contributed by atoms with Gasteiger partial charge in [0.15, 0.2) is 23.1 Å². The number of aliphatic hydroxyl groups excluding tert-OH is 1. The first kappa shape index (κ1) is 19.6. The van der Waals surface area contributed by atoms with Crippen molar-refractivity contribution in [1.82, 2.24) is 15.0 Å². The number of anilines is 1. The third kappa shape index (κ3) is 4.77. The zero-order chi connectivity index (χ0) is 19.9. The van der Waals surface area contributed by atoms with E-state index >= 15 is 0 Å². The first-order valence-electron chi connectivity index (χ1n) is 9.16. The highest BCUT2D eigenvalue weighted by Crippen LogP contribution is 2.22. The number of rotatable bonds is 8. The van der Waals surface area contributed by atoms with Crippen LogP contribution < -0.4 is 10.1 Å². The minimum absolute atomic E-state index is 0.182. The lowest BCUT2D eigenvalue weighted by molar-refractivity contribution is -0.114. The van der Waals surface area contributed by atoms with Crippen LogP contribution in [0, 0.1) is 0 Å². The van der Waals surface area contributed by atoms with Gasteiger partial charge in [0.05, 0.1) is 26.0 Å². The Hall–Kier alpha value is -3.13. The number of nitrogens with zero attached hydrogens (tertiary/aromatic N) is 3. The average Bonchev–Trinajstić information content (AvgIpc) is 3.17. The summed E-state index contributed by atoms with van der Waals surface area (Å²) in [5.41, 5.74) is 2.14. The molecule has 1 aromatic heterocycles. The number of allylic oxidation sites excluding steroid dienone is 1. The number of benzene rings is 1. The summed E-state index contributed by atoms with van der Waals surface area (Å²) in [6.07, 6.45) is 4.06. The molecule has 0 unspecified atom stereocenters. The van der Waals surface area contributed by atoms with Gasteiger partial charge in [0, 0.05) is 25.5 Å². The van der Waals surface area contributed by atoms with E-state index in [1.165, 1.54) is 10.9 Å². The number of hydrogen-bond donors (Lipinski definition) is 2. The SMILES string of the molecule is CCC(=O)/C=C(\O)c1nn(C2=CCOCC2)nc1NCc1ccc(OC)cc1. The van der Waals surface area contributed by atoms with Crippen LogP contribution in [0.2, 0.25) is 0 Å². The van der Waals surface area contributed by atoms with Gasteiger partial charge < -0.3 is 19.9 Å². The van der Waals surface area contributed by atoms with Gasteiger partial charge in [0.1, 0.15) is 5.75 Å². The van der Waals surface area contributed by atoms with E-state index in [0.717, 1.165) is 17.0 Å². The first-order chi connectivity index (χ1) is 13.6.